The van der Waals surface area contributed by atoms with Crippen molar-refractivity contribution in [3.05, 3.63) is 170 Å². The Hall–Kier alpha value is -5.16. The first-order valence-corrected chi connectivity index (χ1v) is 17.6. The number of fused-ring (bicyclic) bond motifs is 6. The third kappa shape index (κ3) is 3.93. The molecule has 0 bridgehead atoms. The van der Waals surface area contributed by atoms with Gasteiger partial charge in [0.05, 0.1) is 11.0 Å². The highest BCUT2D eigenvalue weighted by Crippen LogP contribution is 2.75. The number of pyridine rings is 1. The molecular formula is C41H28N2S2. The minimum absolute atomic E-state index is 0.928. The smallest absolute Gasteiger partial charge is 0.138 e. The van der Waals surface area contributed by atoms with Crippen molar-refractivity contribution in [1.29, 1.82) is 0 Å². The molecule has 0 saturated heterocycles. The summed E-state index contributed by atoms with van der Waals surface area (Å²) < 4.78 is 4.99. The largest absolute Gasteiger partial charge is 0.294 e. The summed E-state index contributed by atoms with van der Waals surface area (Å²) in [7, 11) is -1.95. The van der Waals surface area contributed by atoms with E-state index in [-0.39, 0.29) is 0 Å². The van der Waals surface area contributed by atoms with E-state index in [2.05, 4.69) is 168 Å². The van der Waals surface area contributed by atoms with Crippen LogP contribution in [0.15, 0.2) is 190 Å². The minimum Gasteiger partial charge on any atom is -0.294 e. The normalized spacial score (nSPS) is 12.4. The van der Waals surface area contributed by atoms with Crippen molar-refractivity contribution in [2.24, 2.45) is 0 Å². The quantitative estimate of drug-likeness (QED) is 0.189. The lowest BCUT2D eigenvalue weighted by atomic mass is 10.1. The number of aromatic nitrogens is 2. The van der Waals surface area contributed by atoms with Crippen molar-refractivity contribution in [3.63, 3.8) is 0 Å². The Morgan fingerprint density at radius 2 is 1.02 bits per heavy atom. The number of thiophene rings is 1. The molecule has 0 radical (unpaired) electrons. The summed E-state index contributed by atoms with van der Waals surface area (Å²) in [5.74, 6) is 0.928. The van der Waals surface area contributed by atoms with Crippen LogP contribution in [0, 0.1) is 0 Å². The maximum atomic E-state index is 5.05. The monoisotopic (exact) mass is 612 g/mol. The Morgan fingerprint density at radius 1 is 0.467 bits per heavy atom. The second-order valence-electron chi connectivity index (χ2n) is 11.2. The van der Waals surface area contributed by atoms with Crippen LogP contribution in [0.5, 0.6) is 0 Å². The summed E-state index contributed by atoms with van der Waals surface area (Å²) in [5, 5.41) is 5.10. The van der Waals surface area contributed by atoms with Crippen LogP contribution in [-0.4, -0.2) is 9.55 Å². The van der Waals surface area contributed by atoms with Crippen molar-refractivity contribution < 1.29 is 0 Å². The number of nitrogens with zero attached hydrogens (tertiary/aromatic N) is 2. The molecule has 3 aromatic heterocycles. The Labute approximate surface area is 267 Å². The van der Waals surface area contributed by atoms with Gasteiger partial charge in [0.1, 0.15) is 5.82 Å². The lowest BCUT2D eigenvalue weighted by molar-refractivity contribution is 1.05. The molecule has 9 aromatic rings. The van der Waals surface area contributed by atoms with Gasteiger partial charge in [-0.1, -0.05) is 103 Å². The topological polar surface area (TPSA) is 17.8 Å². The van der Waals surface area contributed by atoms with Gasteiger partial charge in [-0.15, -0.1) is 21.4 Å². The molecule has 0 saturated carbocycles. The Morgan fingerprint density at radius 3 is 1.69 bits per heavy atom. The van der Waals surface area contributed by atoms with Crippen LogP contribution < -0.4 is 0 Å². The van der Waals surface area contributed by atoms with E-state index in [0.717, 1.165) is 16.9 Å². The molecule has 0 spiro atoms. The molecule has 3 heterocycles. The summed E-state index contributed by atoms with van der Waals surface area (Å²) in [5.41, 5.74) is 2.32. The van der Waals surface area contributed by atoms with Gasteiger partial charge in [-0.25, -0.2) is 4.98 Å². The van der Waals surface area contributed by atoms with Crippen molar-refractivity contribution in [3.8, 4) is 5.82 Å². The van der Waals surface area contributed by atoms with Crippen molar-refractivity contribution in [2.75, 3.05) is 0 Å². The third-order valence-corrected chi connectivity index (χ3v) is 14.0. The lowest BCUT2D eigenvalue weighted by Crippen LogP contribution is -2.07. The first kappa shape index (κ1) is 26.3. The highest BCUT2D eigenvalue weighted by atomic mass is 32.3. The van der Waals surface area contributed by atoms with E-state index in [4.69, 9.17) is 4.98 Å². The van der Waals surface area contributed by atoms with E-state index in [1.165, 1.54) is 50.5 Å². The van der Waals surface area contributed by atoms with Crippen LogP contribution in [0.2, 0.25) is 0 Å². The molecule has 0 N–H and O–H groups in total. The number of para-hydroxylation sites is 2. The van der Waals surface area contributed by atoms with E-state index in [9.17, 15) is 0 Å². The molecule has 0 aliphatic carbocycles. The first-order chi connectivity index (χ1) is 22.3. The van der Waals surface area contributed by atoms with Crippen molar-refractivity contribution in [2.45, 2.75) is 19.6 Å². The van der Waals surface area contributed by atoms with Gasteiger partial charge in [-0.3, -0.25) is 4.57 Å². The molecule has 2 nitrogen and oxygen atoms in total. The molecular weight excluding hydrogens is 585 g/mol. The highest BCUT2D eigenvalue weighted by molar-refractivity contribution is 8.34. The molecule has 214 valence electrons. The second kappa shape index (κ2) is 10.5. The molecule has 4 heteroatoms. The SMILES string of the molecule is c1ccc(S(c2ccccc2)(c2ccnc(-n3c4ccccc4c4ccccc43)c2)c2cccc3c2sc2ccccc23)cc1. The highest BCUT2D eigenvalue weighted by Gasteiger charge is 2.36. The van der Waals surface area contributed by atoms with Crippen LogP contribution in [-0.2, 0) is 0 Å². The molecule has 0 aliphatic rings. The maximum absolute atomic E-state index is 5.05. The number of rotatable bonds is 5. The fourth-order valence-corrected chi connectivity index (χ4v) is 12.4. The van der Waals surface area contributed by atoms with Crippen molar-refractivity contribution in [1.82, 2.24) is 9.55 Å². The van der Waals surface area contributed by atoms with Crippen LogP contribution in [0.3, 0.4) is 0 Å². The average molecular weight is 613 g/mol. The Bertz CT molecular complexity index is 2400. The summed E-state index contributed by atoms with van der Waals surface area (Å²) in [6, 6.07) is 59.8. The fraction of sp³-hybridized carbons (Fsp3) is 0. The predicted octanol–water partition coefficient (Wildman–Crippen LogP) is 11.9. The van der Waals surface area contributed by atoms with Gasteiger partial charge in [0.2, 0.25) is 0 Å². The molecule has 45 heavy (non-hydrogen) atoms. The standard InChI is InChI=1S/C41H28N2S2/c1-3-14-29(15-4-1)45(30-16-5-2-6-17-30,39-25-13-21-35-34-20-9-12-24-38(34)44-41(35)39)31-26-27-42-40(28-31)43-36-22-10-7-18-32(36)33-19-8-11-23-37(33)43/h1-28H. The molecule has 9 rings (SSSR count). The van der Waals surface area contributed by atoms with Gasteiger partial charge in [-0.05, 0) is 60.7 Å². The number of hydrogen-bond donors (Lipinski definition) is 0. The summed E-state index contributed by atoms with van der Waals surface area (Å²) in [6.45, 7) is 0. The van der Waals surface area contributed by atoms with Gasteiger partial charge in [-0.2, -0.15) is 0 Å². The van der Waals surface area contributed by atoms with Gasteiger partial charge < -0.3 is 0 Å². The molecule has 0 unspecified atom stereocenters. The molecule has 0 atom stereocenters. The van der Waals surface area contributed by atoms with E-state index in [1.54, 1.807) is 0 Å². The number of hydrogen-bond acceptors (Lipinski definition) is 2. The molecule has 0 fully saturated rings. The summed E-state index contributed by atoms with van der Waals surface area (Å²) in [4.78, 5) is 10.3. The molecule has 0 amide bonds. The summed E-state index contributed by atoms with van der Waals surface area (Å²) >= 11 is 1.90. The fourth-order valence-electron chi connectivity index (χ4n) is 6.88. The Kier molecular flexibility index (Phi) is 6.12. The lowest BCUT2D eigenvalue weighted by Gasteiger charge is -2.42. The zero-order valence-electron chi connectivity index (χ0n) is 24.4. The third-order valence-electron chi connectivity index (χ3n) is 8.77. The van der Waals surface area contributed by atoms with Gasteiger partial charge in [0.15, 0.2) is 0 Å². The van der Waals surface area contributed by atoms with Crippen LogP contribution in [0.1, 0.15) is 0 Å². The van der Waals surface area contributed by atoms with E-state index in [1.807, 2.05) is 17.5 Å². The zero-order valence-corrected chi connectivity index (χ0v) is 26.0. The molecule has 0 aliphatic heterocycles. The van der Waals surface area contributed by atoms with Crippen LogP contribution >= 0.6 is 21.4 Å². The Balaban J connectivity index is 1.42. The zero-order chi connectivity index (χ0) is 29.8. The van der Waals surface area contributed by atoms with E-state index < -0.39 is 10.0 Å². The van der Waals surface area contributed by atoms with Gasteiger partial charge in [0.25, 0.3) is 0 Å². The van der Waals surface area contributed by atoms with Crippen LogP contribution in [0.25, 0.3) is 47.8 Å². The second-order valence-corrected chi connectivity index (χ2v) is 15.3. The van der Waals surface area contributed by atoms with Crippen molar-refractivity contribution >= 4 is 63.3 Å². The van der Waals surface area contributed by atoms with E-state index in [0.29, 0.717) is 0 Å². The molecule has 6 aromatic carbocycles. The predicted molar refractivity (Wildman–Crippen MR) is 191 cm³/mol. The average Bonchev–Trinajstić information content (AvgIpc) is 3.66. The minimum atomic E-state index is -1.95. The summed E-state index contributed by atoms with van der Waals surface area (Å²) in [6.07, 6.45) is 2.01. The van der Waals surface area contributed by atoms with Gasteiger partial charge >= 0.3 is 0 Å². The van der Waals surface area contributed by atoms with E-state index >= 15 is 0 Å². The van der Waals surface area contributed by atoms with Crippen LogP contribution in [0.4, 0.5) is 0 Å². The first-order valence-electron chi connectivity index (χ1n) is 15.1. The van der Waals surface area contributed by atoms with Gasteiger partial charge in [0, 0.05) is 56.7 Å². The maximum Gasteiger partial charge on any atom is 0.138 e. The number of benzene rings is 6.